The molecule has 1 aliphatic rings. The lowest BCUT2D eigenvalue weighted by Gasteiger charge is -2.07. The molecule has 4 rings (SSSR count). The molecule has 0 saturated heterocycles. The molecule has 0 atom stereocenters. The Hall–Kier alpha value is -3.77. The fourth-order valence-electron chi connectivity index (χ4n) is 3.62. The smallest absolute Gasteiger partial charge is 0.247 e. The Labute approximate surface area is 178 Å². The Balaban J connectivity index is 1.64. The van der Waals surface area contributed by atoms with Gasteiger partial charge in [0.05, 0.1) is 6.42 Å². The number of carbonyl (C=O) groups is 1. The van der Waals surface area contributed by atoms with Crippen LogP contribution in [0.2, 0.25) is 0 Å². The molecule has 0 bridgehead atoms. The van der Waals surface area contributed by atoms with E-state index in [-0.39, 0.29) is 12.2 Å². The molecule has 0 radical (unpaired) electrons. The molecule has 1 amide bonds. The summed E-state index contributed by atoms with van der Waals surface area (Å²) in [7, 11) is 0. The molecule has 3 aromatic carbocycles. The summed E-state index contributed by atoms with van der Waals surface area (Å²) in [5.74, 6) is -0.143. The van der Waals surface area contributed by atoms with Crippen molar-refractivity contribution in [2.75, 3.05) is 0 Å². The Morgan fingerprint density at radius 1 is 0.935 bits per heavy atom. The molecule has 0 aromatic heterocycles. The van der Waals surface area contributed by atoms with E-state index in [2.05, 4.69) is 0 Å². The Morgan fingerprint density at radius 3 is 2.19 bits per heavy atom. The second kappa shape index (κ2) is 8.53. The maximum atomic E-state index is 13.9. The maximum Gasteiger partial charge on any atom is 0.247 e. The van der Waals surface area contributed by atoms with Crippen molar-refractivity contribution >= 4 is 23.1 Å². The van der Waals surface area contributed by atoms with E-state index in [4.69, 9.17) is 9.94 Å². The molecule has 0 spiro atoms. The standard InChI is InChI=1S/C25H19F2NO3/c1-15-22(21-11-6-18(27)13-24(21)23(15)14-25(29)28-30)12-16-2-7-19(8-3-16)31-20-9-4-17(26)5-10-20/h2-13,30H,14H2,1H3,(H,28,29)/b22-12-. The van der Waals surface area contributed by atoms with Gasteiger partial charge in [0.1, 0.15) is 23.1 Å². The minimum Gasteiger partial charge on any atom is -0.457 e. The number of allylic oxidation sites excluding steroid dienone is 2. The first-order chi connectivity index (χ1) is 14.9. The first-order valence-corrected chi connectivity index (χ1v) is 9.63. The van der Waals surface area contributed by atoms with E-state index in [9.17, 15) is 13.6 Å². The van der Waals surface area contributed by atoms with E-state index < -0.39 is 11.7 Å². The molecule has 0 saturated carbocycles. The van der Waals surface area contributed by atoms with Gasteiger partial charge in [0.15, 0.2) is 0 Å². The van der Waals surface area contributed by atoms with E-state index in [1.807, 2.05) is 25.1 Å². The third kappa shape index (κ3) is 4.39. The number of halogens is 2. The zero-order valence-electron chi connectivity index (χ0n) is 16.7. The van der Waals surface area contributed by atoms with Gasteiger partial charge in [-0.3, -0.25) is 10.0 Å². The molecule has 1 aliphatic carbocycles. The molecular formula is C25H19F2NO3. The Morgan fingerprint density at radius 2 is 1.55 bits per heavy atom. The monoisotopic (exact) mass is 419 g/mol. The fraction of sp³-hybridized carbons (Fsp3) is 0.0800. The van der Waals surface area contributed by atoms with Crippen LogP contribution in [0.3, 0.4) is 0 Å². The third-order valence-corrected chi connectivity index (χ3v) is 5.16. The minimum absolute atomic E-state index is 0.0550. The van der Waals surface area contributed by atoms with Crippen molar-refractivity contribution in [1.29, 1.82) is 0 Å². The highest BCUT2D eigenvalue weighted by molar-refractivity contribution is 6.08. The second-order valence-electron chi connectivity index (χ2n) is 7.19. The predicted octanol–water partition coefficient (Wildman–Crippen LogP) is 5.98. The van der Waals surface area contributed by atoms with Gasteiger partial charge in [0.25, 0.3) is 0 Å². The van der Waals surface area contributed by atoms with Gasteiger partial charge in [-0.1, -0.05) is 18.2 Å². The highest BCUT2D eigenvalue weighted by Gasteiger charge is 2.25. The molecule has 0 heterocycles. The van der Waals surface area contributed by atoms with Crippen molar-refractivity contribution in [3.8, 4) is 11.5 Å². The number of fused-ring (bicyclic) bond motifs is 1. The van der Waals surface area contributed by atoms with Crippen LogP contribution in [0, 0.1) is 11.6 Å². The summed E-state index contributed by atoms with van der Waals surface area (Å²) in [6.07, 6.45) is 1.90. The van der Waals surface area contributed by atoms with Crippen molar-refractivity contribution in [2.45, 2.75) is 13.3 Å². The summed E-state index contributed by atoms with van der Waals surface area (Å²) in [5, 5.41) is 8.89. The van der Waals surface area contributed by atoms with E-state index in [0.29, 0.717) is 22.6 Å². The highest BCUT2D eigenvalue weighted by Crippen LogP contribution is 2.43. The van der Waals surface area contributed by atoms with Gasteiger partial charge >= 0.3 is 0 Å². The summed E-state index contributed by atoms with van der Waals surface area (Å²) in [5.41, 5.74) is 6.38. The number of hydrogen-bond acceptors (Lipinski definition) is 3. The largest absolute Gasteiger partial charge is 0.457 e. The van der Waals surface area contributed by atoms with Gasteiger partial charge in [-0.15, -0.1) is 0 Å². The number of hydroxylamine groups is 1. The van der Waals surface area contributed by atoms with Crippen LogP contribution in [0.15, 0.2) is 72.3 Å². The van der Waals surface area contributed by atoms with Gasteiger partial charge < -0.3 is 4.74 Å². The van der Waals surface area contributed by atoms with Gasteiger partial charge in [0, 0.05) is 0 Å². The van der Waals surface area contributed by atoms with Crippen LogP contribution in [0.5, 0.6) is 11.5 Å². The van der Waals surface area contributed by atoms with E-state index >= 15 is 0 Å². The second-order valence-corrected chi connectivity index (χ2v) is 7.19. The van der Waals surface area contributed by atoms with Crippen molar-refractivity contribution in [3.63, 3.8) is 0 Å². The molecule has 3 aromatic rings. The summed E-state index contributed by atoms with van der Waals surface area (Å²) in [6, 6.07) is 17.6. The molecule has 6 heteroatoms. The third-order valence-electron chi connectivity index (χ3n) is 5.16. The number of nitrogens with one attached hydrogen (secondary N) is 1. The number of ether oxygens (including phenoxy) is 1. The maximum absolute atomic E-state index is 13.9. The van der Waals surface area contributed by atoms with E-state index in [1.54, 1.807) is 35.8 Å². The molecule has 31 heavy (non-hydrogen) atoms. The highest BCUT2D eigenvalue weighted by atomic mass is 19.1. The normalized spacial score (nSPS) is 14.0. The SMILES string of the molecule is CC1=C(CC(=O)NO)c2cc(F)ccc2/C1=C\c1ccc(Oc2ccc(F)cc2)cc1. The van der Waals surface area contributed by atoms with Crippen LogP contribution in [0.4, 0.5) is 8.78 Å². The van der Waals surface area contributed by atoms with E-state index in [1.165, 1.54) is 24.3 Å². The summed E-state index contributed by atoms with van der Waals surface area (Å²) in [4.78, 5) is 11.7. The summed E-state index contributed by atoms with van der Waals surface area (Å²) in [6.45, 7) is 1.87. The quantitative estimate of drug-likeness (QED) is 0.395. The zero-order chi connectivity index (χ0) is 22.0. The van der Waals surface area contributed by atoms with Crippen LogP contribution >= 0.6 is 0 Å². The predicted molar refractivity (Wildman–Crippen MR) is 114 cm³/mol. The Bertz CT molecular complexity index is 1200. The van der Waals surface area contributed by atoms with Crippen molar-refractivity contribution in [1.82, 2.24) is 5.48 Å². The van der Waals surface area contributed by atoms with Crippen molar-refractivity contribution in [3.05, 3.63) is 101 Å². The zero-order valence-corrected chi connectivity index (χ0v) is 16.7. The summed E-state index contributed by atoms with van der Waals surface area (Å²) >= 11 is 0. The number of hydrogen-bond donors (Lipinski definition) is 2. The lowest BCUT2D eigenvalue weighted by Crippen LogP contribution is -2.18. The minimum atomic E-state index is -0.562. The fourth-order valence-corrected chi connectivity index (χ4v) is 3.62. The Kier molecular flexibility index (Phi) is 5.64. The van der Waals surface area contributed by atoms with Gasteiger partial charge in [-0.2, -0.15) is 0 Å². The number of benzene rings is 3. The van der Waals surface area contributed by atoms with Gasteiger partial charge in [-0.05, 0) is 94.9 Å². The molecular weight excluding hydrogens is 400 g/mol. The first kappa shape index (κ1) is 20.5. The lowest BCUT2D eigenvalue weighted by atomic mass is 10.0. The summed E-state index contributed by atoms with van der Waals surface area (Å²) < 4.78 is 32.6. The van der Waals surface area contributed by atoms with E-state index in [0.717, 1.165) is 22.3 Å². The first-order valence-electron chi connectivity index (χ1n) is 9.63. The van der Waals surface area contributed by atoms with Crippen molar-refractivity contribution in [2.24, 2.45) is 0 Å². The topological polar surface area (TPSA) is 58.6 Å². The molecule has 2 N–H and O–H groups in total. The molecule has 0 aliphatic heterocycles. The van der Waals surface area contributed by atoms with Crippen LogP contribution in [0.1, 0.15) is 30.0 Å². The lowest BCUT2D eigenvalue weighted by molar-refractivity contribution is -0.128. The van der Waals surface area contributed by atoms with Crippen LogP contribution in [-0.2, 0) is 4.79 Å². The number of amides is 1. The van der Waals surface area contributed by atoms with Crippen LogP contribution in [0.25, 0.3) is 17.2 Å². The average molecular weight is 419 g/mol. The average Bonchev–Trinajstić information content (AvgIpc) is 3.01. The molecule has 4 nitrogen and oxygen atoms in total. The van der Waals surface area contributed by atoms with Crippen molar-refractivity contribution < 1.29 is 23.5 Å². The number of rotatable bonds is 5. The van der Waals surface area contributed by atoms with Crippen LogP contribution < -0.4 is 10.2 Å². The molecule has 156 valence electrons. The number of carbonyl (C=O) groups excluding carboxylic acids is 1. The molecule has 0 fully saturated rings. The van der Waals surface area contributed by atoms with Gasteiger partial charge in [0.2, 0.25) is 5.91 Å². The van der Waals surface area contributed by atoms with Gasteiger partial charge in [-0.25, -0.2) is 14.3 Å². The van der Waals surface area contributed by atoms with Crippen LogP contribution in [-0.4, -0.2) is 11.1 Å². The molecule has 0 unspecified atom stereocenters.